The van der Waals surface area contributed by atoms with E-state index in [9.17, 15) is 23.6 Å². The lowest BCUT2D eigenvalue weighted by Crippen LogP contribution is -2.57. The maximum absolute atomic E-state index is 12.3. The van der Waals surface area contributed by atoms with Crippen molar-refractivity contribution in [1.82, 2.24) is 4.72 Å². The molecule has 9 heteroatoms. The van der Waals surface area contributed by atoms with E-state index in [1.165, 1.54) is 27.7 Å². The van der Waals surface area contributed by atoms with E-state index in [4.69, 9.17) is 11.6 Å². The fourth-order valence-corrected chi connectivity index (χ4v) is 3.41. The number of nitro benzene ring substituents is 1. The molecule has 0 heterocycles. The lowest BCUT2D eigenvalue weighted by atomic mass is 9.87. The van der Waals surface area contributed by atoms with Crippen LogP contribution in [0, 0.1) is 10.1 Å². The molecule has 0 bridgehead atoms. The first-order valence-electron chi connectivity index (χ1n) is 5.98. The van der Waals surface area contributed by atoms with Crippen LogP contribution in [0.2, 0.25) is 5.02 Å². The molecule has 2 N–H and O–H groups in total. The molecule has 1 aromatic carbocycles. The molecule has 0 saturated heterocycles. The zero-order valence-electron chi connectivity index (χ0n) is 12.0. The summed E-state index contributed by atoms with van der Waals surface area (Å²) in [6.07, 6.45) is 0. The van der Waals surface area contributed by atoms with Crippen molar-refractivity contribution in [3.05, 3.63) is 33.3 Å². The van der Waals surface area contributed by atoms with Crippen LogP contribution in [0.3, 0.4) is 0 Å². The topological polar surface area (TPSA) is 110 Å². The molecule has 0 spiro atoms. The number of hydrogen-bond donors (Lipinski definition) is 2. The Kier molecular flexibility index (Phi) is 4.69. The second-order valence-electron chi connectivity index (χ2n) is 5.66. The number of benzene rings is 1. The van der Waals surface area contributed by atoms with Gasteiger partial charge < -0.3 is 5.11 Å². The third kappa shape index (κ3) is 3.91. The Morgan fingerprint density at radius 1 is 1.29 bits per heavy atom. The SMILES string of the molecule is CC(C)(O)C(C)(C)NS(=O)(=O)c1ccc([N+](=O)[O-])cc1Cl. The van der Waals surface area contributed by atoms with E-state index in [-0.39, 0.29) is 15.6 Å². The molecule has 0 atom stereocenters. The molecule has 1 aromatic rings. The normalized spacial score (nSPS) is 13.2. The number of nitrogens with one attached hydrogen (secondary N) is 1. The molecule has 0 saturated carbocycles. The highest BCUT2D eigenvalue weighted by atomic mass is 35.5. The van der Waals surface area contributed by atoms with Crippen molar-refractivity contribution in [2.75, 3.05) is 0 Å². The summed E-state index contributed by atoms with van der Waals surface area (Å²) in [7, 11) is -4.04. The Labute approximate surface area is 128 Å². The highest BCUT2D eigenvalue weighted by molar-refractivity contribution is 7.89. The predicted octanol–water partition coefficient (Wildman–Crippen LogP) is 2.08. The van der Waals surface area contributed by atoms with E-state index >= 15 is 0 Å². The summed E-state index contributed by atoms with van der Waals surface area (Å²) >= 11 is 5.81. The third-order valence-electron chi connectivity index (χ3n) is 3.33. The van der Waals surface area contributed by atoms with Gasteiger partial charge in [-0.25, -0.2) is 13.1 Å². The van der Waals surface area contributed by atoms with Gasteiger partial charge in [0.2, 0.25) is 10.0 Å². The Morgan fingerprint density at radius 3 is 2.19 bits per heavy atom. The first-order chi connectivity index (χ1) is 9.28. The first-order valence-corrected chi connectivity index (χ1v) is 7.84. The Hall–Kier alpha value is -1.22. The van der Waals surface area contributed by atoms with Crippen molar-refractivity contribution in [1.29, 1.82) is 0 Å². The third-order valence-corrected chi connectivity index (χ3v) is 5.47. The van der Waals surface area contributed by atoms with Crippen LogP contribution in [0.5, 0.6) is 0 Å². The highest BCUT2D eigenvalue weighted by Gasteiger charge is 2.39. The molecule has 0 aliphatic heterocycles. The first kappa shape index (κ1) is 17.8. The average molecular weight is 337 g/mol. The standard InChI is InChI=1S/C12H17ClN2O5S/c1-11(2,12(3,4)16)14-21(19,20)10-6-5-8(15(17)18)7-9(10)13/h5-7,14,16H,1-4H3. The summed E-state index contributed by atoms with van der Waals surface area (Å²) in [5.41, 5.74) is -2.80. The van der Waals surface area contributed by atoms with Gasteiger partial charge in [0.25, 0.3) is 5.69 Å². The summed E-state index contributed by atoms with van der Waals surface area (Å²) < 4.78 is 27.0. The molecule has 118 valence electrons. The number of aliphatic hydroxyl groups is 1. The van der Waals surface area contributed by atoms with Crippen molar-refractivity contribution < 1.29 is 18.4 Å². The second kappa shape index (κ2) is 5.53. The van der Waals surface area contributed by atoms with Gasteiger partial charge in [-0.3, -0.25) is 10.1 Å². The molecular weight excluding hydrogens is 320 g/mol. The van der Waals surface area contributed by atoms with Crippen LogP contribution in [-0.4, -0.2) is 29.6 Å². The predicted molar refractivity (Wildman–Crippen MR) is 78.8 cm³/mol. The molecule has 0 aliphatic rings. The minimum absolute atomic E-state index is 0.261. The lowest BCUT2D eigenvalue weighted by molar-refractivity contribution is -0.384. The minimum Gasteiger partial charge on any atom is -0.389 e. The van der Waals surface area contributed by atoms with Crippen LogP contribution in [0.1, 0.15) is 27.7 Å². The van der Waals surface area contributed by atoms with E-state index in [0.717, 1.165) is 18.2 Å². The molecule has 1 rings (SSSR count). The molecule has 0 radical (unpaired) electrons. The maximum atomic E-state index is 12.3. The Bertz CT molecular complexity index is 665. The van der Waals surface area contributed by atoms with E-state index in [0.29, 0.717) is 0 Å². The van der Waals surface area contributed by atoms with Crippen LogP contribution >= 0.6 is 11.6 Å². The summed E-state index contributed by atoms with van der Waals surface area (Å²) in [5, 5.41) is 20.4. The molecule has 0 aromatic heterocycles. The molecule has 0 aliphatic carbocycles. The summed E-state index contributed by atoms with van der Waals surface area (Å²) in [4.78, 5) is 9.67. The van der Waals surface area contributed by atoms with Crippen LogP contribution in [0.25, 0.3) is 0 Å². The molecular formula is C12H17ClN2O5S. The highest BCUT2D eigenvalue weighted by Crippen LogP contribution is 2.29. The van der Waals surface area contributed by atoms with E-state index in [1.54, 1.807) is 0 Å². The summed E-state index contributed by atoms with van der Waals surface area (Å²) in [6.45, 7) is 5.97. The van der Waals surface area contributed by atoms with E-state index < -0.39 is 26.1 Å². The quantitative estimate of drug-likeness (QED) is 0.632. The summed E-state index contributed by atoms with van der Waals surface area (Å²) in [6, 6.07) is 3.08. The Morgan fingerprint density at radius 2 is 1.81 bits per heavy atom. The summed E-state index contributed by atoms with van der Waals surface area (Å²) in [5.74, 6) is 0. The van der Waals surface area contributed by atoms with Gasteiger partial charge in [0, 0.05) is 12.1 Å². The zero-order chi connectivity index (χ0) is 16.6. The Balaban J connectivity index is 3.24. The average Bonchev–Trinajstić information content (AvgIpc) is 2.25. The van der Waals surface area contributed by atoms with E-state index in [2.05, 4.69) is 4.72 Å². The number of sulfonamides is 1. The van der Waals surface area contributed by atoms with Crippen molar-refractivity contribution in [3.63, 3.8) is 0 Å². The molecule has 0 amide bonds. The number of hydrogen-bond acceptors (Lipinski definition) is 5. The van der Waals surface area contributed by atoms with Gasteiger partial charge >= 0.3 is 0 Å². The molecule has 0 fully saturated rings. The van der Waals surface area contributed by atoms with E-state index in [1.807, 2.05) is 0 Å². The molecule has 7 nitrogen and oxygen atoms in total. The number of nitro groups is 1. The number of non-ortho nitro benzene ring substituents is 1. The zero-order valence-corrected chi connectivity index (χ0v) is 13.6. The van der Waals surface area contributed by atoms with Crippen molar-refractivity contribution in [3.8, 4) is 0 Å². The molecule has 21 heavy (non-hydrogen) atoms. The number of nitrogens with zero attached hydrogens (tertiary/aromatic N) is 1. The number of rotatable bonds is 5. The van der Waals surface area contributed by atoms with Crippen LogP contribution in [0.15, 0.2) is 23.1 Å². The molecule has 0 unspecified atom stereocenters. The van der Waals surface area contributed by atoms with Crippen LogP contribution < -0.4 is 4.72 Å². The van der Waals surface area contributed by atoms with Gasteiger partial charge in [0.1, 0.15) is 4.90 Å². The largest absolute Gasteiger partial charge is 0.389 e. The van der Waals surface area contributed by atoms with Gasteiger partial charge in [-0.15, -0.1) is 0 Å². The van der Waals surface area contributed by atoms with Gasteiger partial charge in [0.05, 0.1) is 21.1 Å². The van der Waals surface area contributed by atoms with Crippen LogP contribution in [0.4, 0.5) is 5.69 Å². The maximum Gasteiger partial charge on any atom is 0.271 e. The van der Waals surface area contributed by atoms with Crippen molar-refractivity contribution in [2.24, 2.45) is 0 Å². The van der Waals surface area contributed by atoms with Crippen molar-refractivity contribution >= 4 is 27.3 Å². The van der Waals surface area contributed by atoms with Gasteiger partial charge in [-0.2, -0.15) is 0 Å². The monoisotopic (exact) mass is 336 g/mol. The fraction of sp³-hybridized carbons (Fsp3) is 0.500. The second-order valence-corrected chi connectivity index (χ2v) is 7.72. The van der Waals surface area contributed by atoms with Gasteiger partial charge in [0.15, 0.2) is 0 Å². The van der Waals surface area contributed by atoms with Crippen LogP contribution in [-0.2, 0) is 10.0 Å². The van der Waals surface area contributed by atoms with Gasteiger partial charge in [-0.1, -0.05) is 11.6 Å². The lowest BCUT2D eigenvalue weighted by Gasteiger charge is -2.37. The van der Waals surface area contributed by atoms with Gasteiger partial charge in [-0.05, 0) is 33.8 Å². The smallest absolute Gasteiger partial charge is 0.271 e. The van der Waals surface area contributed by atoms with Crippen molar-refractivity contribution in [2.45, 2.75) is 43.7 Å². The number of halogens is 1. The minimum atomic E-state index is -4.04. The fourth-order valence-electron chi connectivity index (χ4n) is 1.34.